The molecule has 2 aromatic heterocycles. The second-order valence-electron chi connectivity index (χ2n) is 6.75. The highest BCUT2D eigenvalue weighted by molar-refractivity contribution is 7.99. The van der Waals surface area contributed by atoms with Gasteiger partial charge in [-0.3, -0.25) is 14.2 Å². The highest BCUT2D eigenvalue weighted by Crippen LogP contribution is 2.23. The van der Waals surface area contributed by atoms with Crippen molar-refractivity contribution in [1.82, 2.24) is 14.5 Å². The molecule has 0 radical (unpaired) electrons. The molecule has 3 rings (SSSR count). The summed E-state index contributed by atoms with van der Waals surface area (Å²) in [5, 5.41) is 3.46. The second-order valence-corrected chi connectivity index (χ2v) is 7.69. The summed E-state index contributed by atoms with van der Waals surface area (Å²) in [4.78, 5) is 33.0. The van der Waals surface area contributed by atoms with Crippen molar-refractivity contribution in [1.29, 1.82) is 0 Å². The number of benzene rings is 1. The molecule has 1 amide bonds. The predicted octanol–water partition coefficient (Wildman–Crippen LogP) is 4.04. The van der Waals surface area contributed by atoms with Crippen LogP contribution in [-0.2, 0) is 4.79 Å². The summed E-state index contributed by atoms with van der Waals surface area (Å²) < 4.78 is 1.68. The fourth-order valence-electron chi connectivity index (χ4n) is 2.91. The van der Waals surface area contributed by atoms with Crippen LogP contribution < -0.4 is 10.9 Å². The molecule has 0 bridgehead atoms. The number of nitrogens with zero attached hydrogens (tertiary/aromatic N) is 2. The summed E-state index contributed by atoms with van der Waals surface area (Å²) >= 11 is 1.29. The van der Waals surface area contributed by atoms with Crippen LogP contribution in [0.1, 0.15) is 37.6 Å². The summed E-state index contributed by atoms with van der Waals surface area (Å²) in [7, 11) is 0. The molecule has 0 unspecified atom stereocenters. The standard InChI is InChI=1S/C20H24N4O2S/c1-5-14(4)24-19(26)18-16(10-13(3)21-18)23-20(24)27-11-17(25)22-15-8-6-7-12(2)9-15/h6-10,14,21H,5,11H2,1-4H3,(H,22,25)/t14-/m1/s1. The number of anilines is 1. The Morgan fingerprint density at radius 1 is 1.33 bits per heavy atom. The highest BCUT2D eigenvalue weighted by atomic mass is 32.2. The quantitative estimate of drug-likeness (QED) is 0.496. The normalized spacial score (nSPS) is 12.3. The van der Waals surface area contributed by atoms with Crippen molar-refractivity contribution in [2.24, 2.45) is 0 Å². The molecule has 0 fully saturated rings. The van der Waals surface area contributed by atoms with E-state index in [4.69, 9.17) is 0 Å². The number of aromatic nitrogens is 3. The lowest BCUT2D eigenvalue weighted by Crippen LogP contribution is -2.26. The number of amides is 1. The van der Waals surface area contributed by atoms with E-state index in [1.54, 1.807) is 4.57 Å². The monoisotopic (exact) mass is 384 g/mol. The fourth-order valence-corrected chi connectivity index (χ4v) is 3.81. The minimum absolute atomic E-state index is 0.000315. The van der Waals surface area contributed by atoms with Crippen molar-refractivity contribution in [2.45, 2.75) is 45.3 Å². The first-order valence-corrected chi connectivity index (χ1v) is 9.98. The van der Waals surface area contributed by atoms with Gasteiger partial charge in [-0.1, -0.05) is 30.8 Å². The van der Waals surface area contributed by atoms with Crippen molar-refractivity contribution < 1.29 is 4.79 Å². The van der Waals surface area contributed by atoms with Crippen LogP contribution in [0.2, 0.25) is 0 Å². The first-order chi connectivity index (χ1) is 12.9. The minimum atomic E-state index is -0.124. The van der Waals surface area contributed by atoms with E-state index in [2.05, 4.69) is 15.3 Å². The van der Waals surface area contributed by atoms with Gasteiger partial charge in [0, 0.05) is 17.4 Å². The van der Waals surface area contributed by atoms with E-state index in [0.717, 1.165) is 23.4 Å². The number of hydrogen-bond donors (Lipinski definition) is 2. The molecule has 0 spiro atoms. The van der Waals surface area contributed by atoms with Gasteiger partial charge in [-0.2, -0.15) is 0 Å². The zero-order valence-electron chi connectivity index (χ0n) is 16.0. The Labute approximate surface area is 162 Å². The summed E-state index contributed by atoms with van der Waals surface area (Å²) in [6.45, 7) is 7.89. The third-order valence-electron chi connectivity index (χ3n) is 4.45. The molecule has 0 aliphatic carbocycles. The van der Waals surface area contributed by atoms with Gasteiger partial charge in [0.1, 0.15) is 5.52 Å². The Balaban J connectivity index is 1.85. The number of aryl methyl sites for hydroxylation is 2. The molecule has 1 aromatic carbocycles. The van der Waals surface area contributed by atoms with Crippen LogP contribution in [0.4, 0.5) is 5.69 Å². The zero-order valence-corrected chi connectivity index (χ0v) is 16.8. The molecule has 2 heterocycles. The van der Waals surface area contributed by atoms with Gasteiger partial charge in [0.15, 0.2) is 5.16 Å². The van der Waals surface area contributed by atoms with Gasteiger partial charge in [0.05, 0.1) is 11.3 Å². The minimum Gasteiger partial charge on any atom is -0.353 e. The first-order valence-electron chi connectivity index (χ1n) is 9.00. The number of aromatic amines is 1. The van der Waals surface area contributed by atoms with Crippen molar-refractivity contribution in [2.75, 3.05) is 11.1 Å². The average Bonchev–Trinajstić information content (AvgIpc) is 3.00. The first kappa shape index (κ1) is 19.2. The lowest BCUT2D eigenvalue weighted by Gasteiger charge is -2.17. The van der Waals surface area contributed by atoms with Gasteiger partial charge in [-0.05, 0) is 51.0 Å². The maximum atomic E-state index is 12.9. The van der Waals surface area contributed by atoms with Gasteiger partial charge in [0.25, 0.3) is 5.56 Å². The number of nitrogens with one attached hydrogen (secondary N) is 2. The lowest BCUT2D eigenvalue weighted by molar-refractivity contribution is -0.113. The molecule has 3 aromatic rings. The Morgan fingerprint density at radius 3 is 2.81 bits per heavy atom. The maximum absolute atomic E-state index is 12.9. The number of carbonyl (C=O) groups is 1. The molecule has 0 saturated heterocycles. The molecule has 0 aliphatic heterocycles. The number of H-pyrrole nitrogens is 1. The number of fused-ring (bicyclic) bond motifs is 1. The van der Waals surface area contributed by atoms with Crippen LogP contribution in [0.25, 0.3) is 11.0 Å². The number of thioether (sulfide) groups is 1. The van der Waals surface area contributed by atoms with Gasteiger partial charge < -0.3 is 10.3 Å². The molecule has 27 heavy (non-hydrogen) atoms. The van der Waals surface area contributed by atoms with Crippen molar-refractivity contribution >= 4 is 34.4 Å². The Morgan fingerprint density at radius 2 is 2.11 bits per heavy atom. The summed E-state index contributed by atoms with van der Waals surface area (Å²) in [6, 6.07) is 9.52. The Hall–Kier alpha value is -2.54. The number of hydrogen-bond acceptors (Lipinski definition) is 4. The molecule has 2 N–H and O–H groups in total. The van der Waals surface area contributed by atoms with Crippen molar-refractivity contribution in [3.05, 3.63) is 51.9 Å². The van der Waals surface area contributed by atoms with Crippen molar-refractivity contribution in [3.8, 4) is 0 Å². The van der Waals surface area contributed by atoms with E-state index in [1.807, 2.05) is 58.0 Å². The third-order valence-corrected chi connectivity index (χ3v) is 5.40. The van der Waals surface area contributed by atoms with E-state index in [-0.39, 0.29) is 23.3 Å². The Kier molecular flexibility index (Phi) is 5.70. The largest absolute Gasteiger partial charge is 0.353 e. The molecule has 6 nitrogen and oxygen atoms in total. The van der Waals surface area contributed by atoms with Gasteiger partial charge in [-0.25, -0.2) is 4.98 Å². The van der Waals surface area contributed by atoms with Gasteiger partial charge >= 0.3 is 0 Å². The van der Waals surface area contributed by atoms with Crippen LogP contribution in [0, 0.1) is 13.8 Å². The third kappa shape index (κ3) is 4.24. The smallest absolute Gasteiger partial charge is 0.278 e. The summed E-state index contributed by atoms with van der Waals surface area (Å²) in [5.74, 6) is 0.0621. The van der Waals surface area contributed by atoms with E-state index in [9.17, 15) is 9.59 Å². The van der Waals surface area contributed by atoms with Crippen LogP contribution in [0.15, 0.2) is 40.3 Å². The topological polar surface area (TPSA) is 79.8 Å². The number of rotatable bonds is 6. The van der Waals surface area contributed by atoms with Crippen LogP contribution in [-0.4, -0.2) is 26.2 Å². The predicted molar refractivity (Wildman–Crippen MR) is 111 cm³/mol. The highest BCUT2D eigenvalue weighted by Gasteiger charge is 2.18. The maximum Gasteiger partial charge on any atom is 0.278 e. The average molecular weight is 385 g/mol. The summed E-state index contributed by atoms with van der Waals surface area (Å²) in [5.41, 5.74) is 3.80. The van der Waals surface area contributed by atoms with Gasteiger partial charge in [-0.15, -0.1) is 0 Å². The van der Waals surface area contributed by atoms with Gasteiger partial charge in [0.2, 0.25) is 5.91 Å². The molecule has 0 aliphatic rings. The van der Waals surface area contributed by atoms with E-state index in [0.29, 0.717) is 16.2 Å². The molecule has 142 valence electrons. The van der Waals surface area contributed by atoms with E-state index < -0.39 is 0 Å². The zero-order chi connectivity index (χ0) is 19.6. The SMILES string of the molecule is CC[C@@H](C)n1c(SCC(=O)Nc2cccc(C)c2)nc2cc(C)[nH]c2c1=O. The van der Waals surface area contributed by atoms with E-state index in [1.165, 1.54) is 11.8 Å². The molecular weight excluding hydrogens is 360 g/mol. The molecular formula is C20H24N4O2S. The lowest BCUT2D eigenvalue weighted by atomic mass is 10.2. The molecule has 0 saturated carbocycles. The summed E-state index contributed by atoms with van der Waals surface area (Å²) in [6.07, 6.45) is 0.801. The van der Waals surface area contributed by atoms with Crippen LogP contribution in [0.3, 0.4) is 0 Å². The molecule has 7 heteroatoms. The van der Waals surface area contributed by atoms with Crippen LogP contribution in [0.5, 0.6) is 0 Å². The fraction of sp³-hybridized carbons (Fsp3) is 0.350. The van der Waals surface area contributed by atoms with Crippen molar-refractivity contribution in [3.63, 3.8) is 0 Å². The second kappa shape index (κ2) is 8.00. The number of carbonyl (C=O) groups excluding carboxylic acids is 1. The van der Waals surface area contributed by atoms with E-state index >= 15 is 0 Å². The Bertz CT molecular complexity index is 1040. The molecule has 1 atom stereocenters. The van der Waals surface area contributed by atoms with Crippen LogP contribution >= 0.6 is 11.8 Å².